The first-order valence-corrected chi connectivity index (χ1v) is 8.34. The molecule has 21 heavy (non-hydrogen) atoms. The quantitative estimate of drug-likeness (QED) is 0.675. The molecule has 0 saturated heterocycles. The van der Waals surface area contributed by atoms with Crippen molar-refractivity contribution in [3.05, 3.63) is 0 Å². The van der Waals surface area contributed by atoms with Crippen molar-refractivity contribution in [2.45, 2.75) is 77.9 Å². The Kier molecular flexibility index (Phi) is 5.65. The van der Waals surface area contributed by atoms with Gasteiger partial charge in [-0.15, -0.1) is 0 Å². The molecular weight excluding hydrogens is 268 g/mol. The predicted molar refractivity (Wildman–Crippen MR) is 79.6 cm³/mol. The lowest BCUT2D eigenvalue weighted by molar-refractivity contribution is -0.152. The van der Waals surface area contributed by atoms with E-state index in [1.165, 1.54) is 19.3 Å². The number of ether oxygens (including phenoxy) is 2. The highest BCUT2D eigenvalue weighted by atomic mass is 16.5. The van der Waals surface area contributed by atoms with E-state index in [1.807, 2.05) is 20.8 Å². The zero-order valence-electron chi connectivity index (χ0n) is 13.5. The van der Waals surface area contributed by atoms with Gasteiger partial charge in [0.25, 0.3) is 0 Å². The fourth-order valence-corrected chi connectivity index (χ4v) is 3.34. The molecule has 0 spiro atoms. The van der Waals surface area contributed by atoms with Gasteiger partial charge in [-0.05, 0) is 56.8 Å². The van der Waals surface area contributed by atoms with Crippen LogP contribution in [0.4, 0.5) is 0 Å². The maximum atomic E-state index is 11.8. The lowest BCUT2D eigenvalue weighted by Crippen LogP contribution is -2.24. The number of esters is 2. The molecule has 2 aliphatic carbocycles. The Hall–Kier alpha value is -1.06. The van der Waals surface area contributed by atoms with Crippen LogP contribution in [0, 0.1) is 17.8 Å². The van der Waals surface area contributed by atoms with Gasteiger partial charge in [-0.1, -0.05) is 13.8 Å². The average molecular weight is 296 g/mol. The van der Waals surface area contributed by atoms with E-state index >= 15 is 0 Å². The second kappa shape index (κ2) is 7.28. The molecule has 2 aliphatic rings. The lowest BCUT2D eigenvalue weighted by atomic mass is 9.98. The molecule has 4 unspecified atom stereocenters. The van der Waals surface area contributed by atoms with Gasteiger partial charge < -0.3 is 9.47 Å². The van der Waals surface area contributed by atoms with Gasteiger partial charge in [-0.2, -0.15) is 0 Å². The molecule has 2 fully saturated rings. The van der Waals surface area contributed by atoms with Crippen molar-refractivity contribution in [1.82, 2.24) is 0 Å². The SMILES string of the molecule is CC(C)C(C)OC(=O)CCCC(=O)OC1CC2CCC1C2. The topological polar surface area (TPSA) is 52.6 Å². The first-order valence-electron chi connectivity index (χ1n) is 8.34. The van der Waals surface area contributed by atoms with E-state index in [0.717, 1.165) is 12.3 Å². The summed E-state index contributed by atoms with van der Waals surface area (Å²) in [4.78, 5) is 23.4. The summed E-state index contributed by atoms with van der Waals surface area (Å²) in [5, 5.41) is 0. The van der Waals surface area contributed by atoms with E-state index in [4.69, 9.17) is 9.47 Å². The van der Waals surface area contributed by atoms with Crippen LogP contribution in [0.25, 0.3) is 0 Å². The van der Waals surface area contributed by atoms with Crippen LogP contribution in [0.3, 0.4) is 0 Å². The monoisotopic (exact) mass is 296 g/mol. The summed E-state index contributed by atoms with van der Waals surface area (Å²) in [7, 11) is 0. The molecule has 2 saturated carbocycles. The summed E-state index contributed by atoms with van der Waals surface area (Å²) >= 11 is 0. The summed E-state index contributed by atoms with van der Waals surface area (Å²) in [5.41, 5.74) is 0. The first-order chi connectivity index (χ1) is 9.95. The van der Waals surface area contributed by atoms with Crippen LogP contribution in [0.2, 0.25) is 0 Å². The molecule has 0 aromatic rings. The third-order valence-electron chi connectivity index (χ3n) is 4.97. The van der Waals surface area contributed by atoms with Gasteiger partial charge >= 0.3 is 11.9 Å². The maximum Gasteiger partial charge on any atom is 0.306 e. The molecule has 4 nitrogen and oxygen atoms in total. The van der Waals surface area contributed by atoms with Crippen molar-refractivity contribution < 1.29 is 19.1 Å². The van der Waals surface area contributed by atoms with Crippen LogP contribution in [0.15, 0.2) is 0 Å². The predicted octanol–water partition coefficient (Wildman–Crippen LogP) is 3.48. The minimum atomic E-state index is -0.219. The molecule has 0 aromatic heterocycles. The van der Waals surface area contributed by atoms with Crippen LogP contribution in [-0.4, -0.2) is 24.1 Å². The van der Waals surface area contributed by atoms with Crippen molar-refractivity contribution in [3.8, 4) is 0 Å². The Labute approximate surface area is 127 Å². The largest absolute Gasteiger partial charge is 0.462 e. The van der Waals surface area contributed by atoms with Crippen LogP contribution in [-0.2, 0) is 19.1 Å². The summed E-state index contributed by atoms with van der Waals surface area (Å²) in [6.45, 7) is 5.93. The fraction of sp³-hybridized carbons (Fsp3) is 0.882. The van der Waals surface area contributed by atoms with Gasteiger partial charge in [0.1, 0.15) is 12.2 Å². The highest BCUT2D eigenvalue weighted by molar-refractivity contribution is 5.72. The number of hydrogen-bond donors (Lipinski definition) is 0. The standard InChI is InChI=1S/C17H28O4/c1-11(2)12(3)20-16(18)5-4-6-17(19)21-15-10-13-7-8-14(15)9-13/h11-15H,4-10H2,1-3H3. The highest BCUT2D eigenvalue weighted by Gasteiger charge is 2.41. The van der Waals surface area contributed by atoms with Gasteiger partial charge in [0, 0.05) is 12.8 Å². The molecule has 4 atom stereocenters. The first kappa shape index (κ1) is 16.3. The van der Waals surface area contributed by atoms with Gasteiger partial charge in [-0.25, -0.2) is 0 Å². The average Bonchev–Trinajstić information content (AvgIpc) is 3.00. The maximum absolute atomic E-state index is 11.8. The molecule has 0 N–H and O–H groups in total. The molecule has 0 aromatic carbocycles. The number of hydrogen-bond acceptors (Lipinski definition) is 4. The number of fused-ring (bicyclic) bond motifs is 2. The minimum absolute atomic E-state index is 0.0708. The van der Waals surface area contributed by atoms with Gasteiger partial charge in [0.2, 0.25) is 0 Å². The molecule has 2 rings (SSSR count). The fourth-order valence-electron chi connectivity index (χ4n) is 3.34. The summed E-state index contributed by atoms with van der Waals surface area (Å²) in [5.74, 6) is 1.31. The van der Waals surface area contributed by atoms with Crippen LogP contribution < -0.4 is 0 Å². The molecule has 0 aliphatic heterocycles. The second-order valence-electron chi connectivity index (χ2n) is 7.00. The summed E-state index contributed by atoms with van der Waals surface area (Å²) < 4.78 is 10.8. The normalized spacial score (nSPS) is 28.7. The van der Waals surface area contributed by atoms with E-state index in [0.29, 0.717) is 31.1 Å². The van der Waals surface area contributed by atoms with Crippen molar-refractivity contribution in [3.63, 3.8) is 0 Å². The van der Waals surface area contributed by atoms with Gasteiger partial charge in [-0.3, -0.25) is 9.59 Å². The zero-order valence-corrected chi connectivity index (χ0v) is 13.5. The number of carbonyl (C=O) groups excluding carboxylic acids is 2. The Bertz CT molecular complexity index is 377. The smallest absolute Gasteiger partial charge is 0.306 e. The lowest BCUT2D eigenvalue weighted by Gasteiger charge is -2.21. The van der Waals surface area contributed by atoms with Gasteiger partial charge in [0.15, 0.2) is 0 Å². The van der Waals surface area contributed by atoms with Crippen molar-refractivity contribution in [2.24, 2.45) is 17.8 Å². The summed E-state index contributed by atoms with van der Waals surface area (Å²) in [6.07, 6.45) is 6.00. The summed E-state index contributed by atoms with van der Waals surface area (Å²) in [6, 6.07) is 0. The van der Waals surface area contributed by atoms with Crippen LogP contribution in [0.5, 0.6) is 0 Å². The third-order valence-corrected chi connectivity index (χ3v) is 4.97. The zero-order chi connectivity index (χ0) is 15.4. The molecule has 0 radical (unpaired) electrons. The molecule has 120 valence electrons. The van der Waals surface area contributed by atoms with E-state index in [1.54, 1.807) is 0 Å². The van der Waals surface area contributed by atoms with E-state index in [2.05, 4.69) is 0 Å². The Morgan fingerprint density at radius 1 is 1.05 bits per heavy atom. The molecule has 4 heteroatoms. The Balaban J connectivity index is 1.58. The third kappa shape index (κ3) is 4.72. The molecular formula is C17H28O4. The van der Waals surface area contributed by atoms with E-state index in [9.17, 15) is 9.59 Å². The number of carbonyl (C=O) groups is 2. The Morgan fingerprint density at radius 3 is 2.33 bits per heavy atom. The van der Waals surface area contributed by atoms with Crippen molar-refractivity contribution >= 4 is 11.9 Å². The van der Waals surface area contributed by atoms with Crippen molar-refractivity contribution in [1.29, 1.82) is 0 Å². The highest BCUT2D eigenvalue weighted by Crippen LogP contribution is 2.45. The molecule has 2 bridgehead atoms. The molecule has 0 heterocycles. The second-order valence-corrected chi connectivity index (χ2v) is 7.00. The van der Waals surface area contributed by atoms with Crippen molar-refractivity contribution in [2.75, 3.05) is 0 Å². The molecule has 0 amide bonds. The van der Waals surface area contributed by atoms with E-state index < -0.39 is 0 Å². The van der Waals surface area contributed by atoms with Gasteiger partial charge in [0.05, 0.1) is 0 Å². The Morgan fingerprint density at radius 2 is 1.76 bits per heavy atom. The van der Waals surface area contributed by atoms with Crippen LogP contribution >= 0.6 is 0 Å². The van der Waals surface area contributed by atoms with E-state index in [-0.39, 0.29) is 24.1 Å². The number of rotatable bonds is 7. The minimum Gasteiger partial charge on any atom is -0.462 e. The van der Waals surface area contributed by atoms with Crippen LogP contribution in [0.1, 0.15) is 65.7 Å².